The Morgan fingerprint density at radius 2 is 2.05 bits per heavy atom. The van der Waals surface area contributed by atoms with Gasteiger partial charge >= 0.3 is 0 Å². The molecule has 0 unspecified atom stereocenters. The van der Waals surface area contributed by atoms with E-state index in [0.717, 1.165) is 15.6 Å². The van der Waals surface area contributed by atoms with Crippen molar-refractivity contribution >= 4 is 33.6 Å². The van der Waals surface area contributed by atoms with E-state index in [2.05, 4.69) is 15.3 Å². The van der Waals surface area contributed by atoms with E-state index >= 15 is 0 Å². The maximum Gasteiger partial charge on any atom is 0.257 e. The number of carbonyl (C=O) groups is 1. The number of aromatic nitrogens is 2. The summed E-state index contributed by atoms with van der Waals surface area (Å²) in [6, 6.07) is 5.58. The van der Waals surface area contributed by atoms with Crippen LogP contribution in [0.15, 0.2) is 47.5 Å². The van der Waals surface area contributed by atoms with Gasteiger partial charge in [-0.05, 0) is 23.6 Å². The summed E-state index contributed by atoms with van der Waals surface area (Å²) < 4.78 is 0. The normalized spacial score (nSPS) is 10.3. The monoisotopic (exact) mass is 287 g/mol. The number of amides is 1. The SMILES string of the molecule is O=C(Nc1cnc(-c2ccncc2)s1)c1ccsc1. The fourth-order valence-electron chi connectivity index (χ4n) is 1.54. The molecule has 6 heteroatoms. The lowest BCUT2D eigenvalue weighted by Crippen LogP contribution is -2.09. The third-order valence-electron chi connectivity index (χ3n) is 2.45. The van der Waals surface area contributed by atoms with Gasteiger partial charge in [-0.1, -0.05) is 11.3 Å². The number of rotatable bonds is 3. The molecule has 19 heavy (non-hydrogen) atoms. The third kappa shape index (κ3) is 2.69. The molecule has 3 aromatic heterocycles. The van der Waals surface area contributed by atoms with E-state index in [0.29, 0.717) is 5.56 Å². The molecule has 3 aromatic rings. The van der Waals surface area contributed by atoms with Crippen LogP contribution in [0.4, 0.5) is 5.00 Å². The van der Waals surface area contributed by atoms with Crippen molar-refractivity contribution in [3.8, 4) is 10.6 Å². The highest BCUT2D eigenvalue weighted by molar-refractivity contribution is 7.19. The Labute approximate surface area is 117 Å². The summed E-state index contributed by atoms with van der Waals surface area (Å²) in [6.45, 7) is 0. The van der Waals surface area contributed by atoms with Gasteiger partial charge in [-0.25, -0.2) is 4.98 Å². The second-order valence-corrected chi connectivity index (χ2v) is 5.54. The lowest BCUT2D eigenvalue weighted by Gasteiger charge is -1.98. The zero-order chi connectivity index (χ0) is 13.1. The maximum absolute atomic E-state index is 11.9. The Morgan fingerprint density at radius 1 is 1.21 bits per heavy atom. The van der Waals surface area contributed by atoms with Crippen molar-refractivity contribution in [3.63, 3.8) is 0 Å². The molecule has 0 atom stereocenters. The van der Waals surface area contributed by atoms with Gasteiger partial charge in [0.05, 0.1) is 11.8 Å². The van der Waals surface area contributed by atoms with Crippen LogP contribution in [0.2, 0.25) is 0 Å². The molecule has 0 aliphatic rings. The van der Waals surface area contributed by atoms with Crippen molar-refractivity contribution in [2.75, 3.05) is 5.32 Å². The number of thiazole rings is 1. The first-order valence-corrected chi connectivity index (χ1v) is 7.28. The molecule has 3 heterocycles. The summed E-state index contributed by atoms with van der Waals surface area (Å²) in [5.41, 5.74) is 1.67. The Hall–Kier alpha value is -2.05. The van der Waals surface area contributed by atoms with Crippen molar-refractivity contribution in [3.05, 3.63) is 53.1 Å². The summed E-state index contributed by atoms with van der Waals surface area (Å²) in [6.07, 6.45) is 5.12. The van der Waals surface area contributed by atoms with Gasteiger partial charge in [-0.3, -0.25) is 9.78 Å². The van der Waals surface area contributed by atoms with Crippen molar-refractivity contribution < 1.29 is 4.79 Å². The first-order valence-electron chi connectivity index (χ1n) is 5.53. The summed E-state index contributed by atoms with van der Waals surface area (Å²) in [5, 5.41) is 8.14. The first kappa shape index (κ1) is 12.0. The molecule has 0 aromatic carbocycles. The van der Waals surface area contributed by atoms with Crippen LogP contribution in [0, 0.1) is 0 Å². The van der Waals surface area contributed by atoms with Gasteiger partial charge in [0.2, 0.25) is 0 Å². The number of hydrogen-bond donors (Lipinski definition) is 1. The highest BCUT2D eigenvalue weighted by Crippen LogP contribution is 2.28. The number of pyridine rings is 1. The van der Waals surface area contributed by atoms with Crippen LogP contribution in [0.1, 0.15) is 10.4 Å². The quantitative estimate of drug-likeness (QED) is 0.802. The molecule has 0 aliphatic carbocycles. The minimum atomic E-state index is -0.105. The minimum Gasteiger partial charge on any atom is -0.312 e. The van der Waals surface area contributed by atoms with E-state index in [-0.39, 0.29) is 5.91 Å². The summed E-state index contributed by atoms with van der Waals surface area (Å²) in [7, 11) is 0. The highest BCUT2D eigenvalue weighted by Gasteiger charge is 2.09. The lowest BCUT2D eigenvalue weighted by molar-refractivity contribution is 0.102. The lowest BCUT2D eigenvalue weighted by atomic mass is 10.3. The van der Waals surface area contributed by atoms with E-state index in [9.17, 15) is 4.79 Å². The third-order valence-corrected chi connectivity index (χ3v) is 4.10. The van der Waals surface area contributed by atoms with E-state index in [4.69, 9.17) is 0 Å². The number of nitrogens with zero attached hydrogens (tertiary/aromatic N) is 2. The number of hydrogen-bond acceptors (Lipinski definition) is 5. The van der Waals surface area contributed by atoms with E-state index in [1.54, 1.807) is 24.7 Å². The molecule has 0 aliphatic heterocycles. The molecule has 4 nitrogen and oxygen atoms in total. The number of nitrogens with one attached hydrogen (secondary N) is 1. The van der Waals surface area contributed by atoms with Crippen LogP contribution in [-0.4, -0.2) is 15.9 Å². The Kier molecular flexibility index (Phi) is 3.35. The van der Waals surface area contributed by atoms with Crippen molar-refractivity contribution in [1.82, 2.24) is 9.97 Å². The smallest absolute Gasteiger partial charge is 0.257 e. The molecule has 3 rings (SSSR count). The fourth-order valence-corrected chi connectivity index (χ4v) is 2.99. The Morgan fingerprint density at radius 3 is 2.79 bits per heavy atom. The first-order chi connectivity index (χ1) is 9.33. The van der Waals surface area contributed by atoms with Gasteiger partial charge in [0.1, 0.15) is 10.0 Å². The van der Waals surface area contributed by atoms with Gasteiger partial charge in [0.25, 0.3) is 5.91 Å². The number of carbonyl (C=O) groups excluding carboxylic acids is 1. The summed E-state index contributed by atoms with van der Waals surface area (Å²) >= 11 is 2.94. The predicted molar refractivity (Wildman–Crippen MR) is 77.6 cm³/mol. The van der Waals surface area contributed by atoms with Crippen LogP contribution < -0.4 is 5.32 Å². The highest BCUT2D eigenvalue weighted by atomic mass is 32.1. The van der Waals surface area contributed by atoms with Crippen molar-refractivity contribution in [1.29, 1.82) is 0 Å². The zero-order valence-corrected chi connectivity index (χ0v) is 11.4. The summed E-state index contributed by atoms with van der Waals surface area (Å²) in [5.74, 6) is -0.105. The Balaban J connectivity index is 1.77. The second-order valence-electron chi connectivity index (χ2n) is 3.73. The topological polar surface area (TPSA) is 54.9 Å². The molecule has 0 fully saturated rings. The van der Waals surface area contributed by atoms with Crippen LogP contribution in [0.3, 0.4) is 0 Å². The van der Waals surface area contributed by atoms with Crippen LogP contribution in [0.5, 0.6) is 0 Å². The molecule has 0 radical (unpaired) electrons. The average molecular weight is 287 g/mol. The minimum absolute atomic E-state index is 0.105. The predicted octanol–water partition coefficient (Wildman–Crippen LogP) is 3.52. The molecule has 0 saturated heterocycles. The average Bonchev–Trinajstić information content (AvgIpc) is 3.11. The van der Waals surface area contributed by atoms with Crippen molar-refractivity contribution in [2.45, 2.75) is 0 Å². The van der Waals surface area contributed by atoms with Crippen LogP contribution in [0.25, 0.3) is 10.6 Å². The molecule has 0 bridgehead atoms. The second kappa shape index (κ2) is 5.29. The van der Waals surface area contributed by atoms with Crippen LogP contribution >= 0.6 is 22.7 Å². The van der Waals surface area contributed by atoms with Crippen molar-refractivity contribution in [2.24, 2.45) is 0 Å². The van der Waals surface area contributed by atoms with E-state index in [1.807, 2.05) is 22.9 Å². The fraction of sp³-hybridized carbons (Fsp3) is 0. The maximum atomic E-state index is 11.9. The zero-order valence-electron chi connectivity index (χ0n) is 9.74. The molecule has 1 amide bonds. The molecule has 94 valence electrons. The number of thiophene rings is 1. The summed E-state index contributed by atoms with van der Waals surface area (Å²) in [4.78, 5) is 20.2. The Bertz CT molecular complexity index is 677. The van der Waals surface area contributed by atoms with Crippen LogP contribution in [-0.2, 0) is 0 Å². The molecular weight excluding hydrogens is 278 g/mol. The van der Waals surface area contributed by atoms with Gasteiger partial charge < -0.3 is 5.32 Å². The van der Waals surface area contributed by atoms with E-state index < -0.39 is 0 Å². The van der Waals surface area contributed by atoms with Gasteiger partial charge in [-0.15, -0.1) is 0 Å². The standard InChI is InChI=1S/C13H9N3OS2/c17-12(10-3-6-18-8-10)16-11-7-15-13(19-11)9-1-4-14-5-2-9/h1-8H,(H,16,17). The largest absolute Gasteiger partial charge is 0.312 e. The molecular formula is C13H9N3OS2. The molecule has 1 N–H and O–H groups in total. The molecule has 0 saturated carbocycles. The van der Waals surface area contributed by atoms with Gasteiger partial charge in [0, 0.05) is 23.3 Å². The van der Waals surface area contributed by atoms with E-state index in [1.165, 1.54) is 22.7 Å². The van der Waals surface area contributed by atoms with Gasteiger partial charge in [0.15, 0.2) is 0 Å². The number of anilines is 1. The molecule has 0 spiro atoms. The van der Waals surface area contributed by atoms with Gasteiger partial charge in [-0.2, -0.15) is 11.3 Å².